The molecule has 2 rings (SSSR count). The number of sulfonamides is 1. The molecule has 0 amide bonds. The first-order valence-electron chi connectivity index (χ1n) is 5.31. The largest absolute Gasteiger partial charge is 0.477 e. The lowest BCUT2D eigenvalue weighted by atomic mass is 10.4. The first kappa shape index (κ1) is 13.4. The predicted octanol–water partition coefficient (Wildman–Crippen LogP) is 1.13. The Kier molecular flexibility index (Phi) is 3.45. The minimum absolute atomic E-state index is 0.0723. The Balaban J connectivity index is 2.23. The summed E-state index contributed by atoms with van der Waals surface area (Å²) in [7, 11) is -2.35. The highest BCUT2D eigenvalue weighted by Crippen LogP contribution is 2.17. The molecule has 8 heteroatoms. The molecule has 7 nitrogen and oxygen atoms in total. The highest BCUT2D eigenvalue weighted by atomic mass is 32.2. The van der Waals surface area contributed by atoms with Crippen molar-refractivity contribution in [3.8, 4) is 0 Å². The van der Waals surface area contributed by atoms with Crippen LogP contribution in [0.5, 0.6) is 0 Å². The number of rotatable bonds is 5. The molecule has 2 N–H and O–H groups in total. The second kappa shape index (κ2) is 4.90. The van der Waals surface area contributed by atoms with Gasteiger partial charge in [-0.05, 0) is 18.2 Å². The lowest BCUT2D eigenvalue weighted by Gasteiger charge is -2.14. The zero-order valence-corrected chi connectivity index (χ0v) is 10.8. The number of furan rings is 1. The predicted molar refractivity (Wildman–Crippen MR) is 65.1 cm³/mol. The number of carboxylic acids is 1. The Hall–Kier alpha value is -2.06. The van der Waals surface area contributed by atoms with Crippen molar-refractivity contribution < 1.29 is 22.7 Å². The van der Waals surface area contributed by atoms with Gasteiger partial charge in [-0.3, -0.25) is 0 Å². The molecule has 0 bridgehead atoms. The molecular weight excluding hydrogens is 272 g/mol. The van der Waals surface area contributed by atoms with Crippen molar-refractivity contribution in [3.63, 3.8) is 0 Å². The Morgan fingerprint density at radius 1 is 1.53 bits per heavy atom. The summed E-state index contributed by atoms with van der Waals surface area (Å²) in [6.45, 7) is 0.0723. The molecule has 0 aliphatic rings. The molecule has 0 aliphatic carbocycles. The van der Waals surface area contributed by atoms with Gasteiger partial charge in [-0.1, -0.05) is 0 Å². The second-order valence-corrected chi connectivity index (χ2v) is 5.94. The number of H-pyrrole nitrogens is 1. The number of hydrogen-bond acceptors (Lipinski definition) is 4. The Morgan fingerprint density at radius 2 is 2.26 bits per heavy atom. The van der Waals surface area contributed by atoms with Crippen molar-refractivity contribution in [2.24, 2.45) is 0 Å². The van der Waals surface area contributed by atoms with E-state index in [1.165, 1.54) is 13.3 Å². The molecular formula is C11H12N2O5S. The Labute approximate surface area is 109 Å². The molecule has 0 aliphatic heterocycles. The van der Waals surface area contributed by atoms with Crippen LogP contribution in [-0.4, -0.2) is 35.8 Å². The van der Waals surface area contributed by atoms with E-state index in [0.29, 0.717) is 5.76 Å². The van der Waals surface area contributed by atoms with E-state index in [0.717, 1.165) is 16.6 Å². The van der Waals surface area contributed by atoms with Crippen molar-refractivity contribution in [2.75, 3.05) is 7.05 Å². The van der Waals surface area contributed by atoms with Crippen LogP contribution in [0.1, 0.15) is 16.2 Å². The first-order chi connectivity index (χ1) is 8.91. The van der Waals surface area contributed by atoms with Gasteiger partial charge in [0.15, 0.2) is 0 Å². The van der Waals surface area contributed by atoms with Gasteiger partial charge >= 0.3 is 5.97 Å². The maximum atomic E-state index is 12.2. The fraction of sp³-hybridized carbons (Fsp3) is 0.182. The van der Waals surface area contributed by atoms with E-state index in [1.807, 2.05) is 0 Å². The average Bonchev–Trinajstić information content (AvgIpc) is 2.99. The molecule has 2 aromatic rings. The normalized spacial score (nSPS) is 11.9. The molecule has 0 saturated heterocycles. The van der Waals surface area contributed by atoms with Crippen LogP contribution in [0.3, 0.4) is 0 Å². The highest BCUT2D eigenvalue weighted by Gasteiger charge is 2.24. The third kappa shape index (κ3) is 2.69. The van der Waals surface area contributed by atoms with Crippen LogP contribution in [-0.2, 0) is 16.6 Å². The van der Waals surface area contributed by atoms with Crippen LogP contribution >= 0.6 is 0 Å². The summed E-state index contributed by atoms with van der Waals surface area (Å²) in [5, 5.41) is 8.76. The lowest BCUT2D eigenvalue weighted by Crippen LogP contribution is -2.26. The van der Waals surface area contributed by atoms with Crippen LogP contribution in [0.25, 0.3) is 0 Å². The van der Waals surface area contributed by atoms with E-state index in [2.05, 4.69) is 4.98 Å². The summed E-state index contributed by atoms with van der Waals surface area (Å²) in [5.74, 6) is -0.713. The molecule has 0 saturated carbocycles. The van der Waals surface area contributed by atoms with Crippen molar-refractivity contribution in [2.45, 2.75) is 11.4 Å². The summed E-state index contributed by atoms with van der Waals surface area (Å²) in [6.07, 6.45) is 2.60. The standard InChI is InChI=1S/C11H12N2O5S/c1-13(7-8-3-2-4-18-8)19(16,17)9-5-10(11(14)15)12-6-9/h2-6,12H,7H2,1H3,(H,14,15). The molecule has 102 valence electrons. The minimum atomic E-state index is -3.75. The summed E-state index contributed by atoms with van der Waals surface area (Å²) in [5.41, 5.74) is -0.176. The fourth-order valence-corrected chi connectivity index (χ4v) is 2.67. The van der Waals surface area contributed by atoms with E-state index in [9.17, 15) is 13.2 Å². The average molecular weight is 284 g/mol. The van der Waals surface area contributed by atoms with Gasteiger partial charge in [0.1, 0.15) is 16.3 Å². The summed E-state index contributed by atoms with van der Waals surface area (Å²) in [6, 6.07) is 4.40. The molecule has 2 aromatic heterocycles. The number of hydrogen-bond donors (Lipinski definition) is 2. The van der Waals surface area contributed by atoms with Crippen molar-refractivity contribution in [1.82, 2.24) is 9.29 Å². The Morgan fingerprint density at radius 3 is 2.79 bits per heavy atom. The maximum absolute atomic E-state index is 12.2. The van der Waals surface area contributed by atoms with Crippen LogP contribution in [0.2, 0.25) is 0 Å². The molecule has 0 spiro atoms. The van der Waals surface area contributed by atoms with Crippen molar-refractivity contribution >= 4 is 16.0 Å². The van der Waals surface area contributed by atoms with E-state index >= 15 is 0 Å². The highest BCUT2D eigenvalue weighted by molar-refractivity contribution is 7.89. The summed E-state index contributed by atoms with van der Waals surface area (Å²) in [4.78, 5) is 13.0. The first-order valence-corrected chi connectivity index (χ1v) is 6.75. The van der Waals surface area contributed by atoms with Gasteiger partial charge in [0, 0.05) is 13.2 Å². The van der Waals surface area contributed by atoms with Gasteiger partial charge in [0.2, 0.25) is 10.0 Å². The van der Waals surface area contributed by atoms with Crippen molar-refractivity contribution in [1.29, 1.82) is 0 Å². The van der Waals surface area contributed by atoms with E-state index in [-0.39, 0.29) is 17.1 Å². The molecule has 0 fully saturated rings. The van der Waals surface area contributed by atoms with Gasteiger partial charge in [-0.2, -0.15) is 4.31 Å². The van der Waals surface area contributed by atoms with E-state index in [4.69, 9.17) is 9.52 Å². The fourth-order valence-electron chi connectivity index (χ4n) is 1.53. The number of carbonyl (C=O) groups is 1. The number of aromatic amines is 1. The SMILES string of the molecule is CN(Cc1ccco1)S(=O)(=O)c1c[nH]c(C(=O)O)c1. The zero-order valence-electron chi connectivity index (χ0n) is 10.0. The van der Waals surface area contributed by atoms with Gasteiger partial charge in [-0.15, -0.1) is 0 Å². The molecule has 19 heavy (non-hydrogen) atoms. The molecule has 0 atom stereocenters. The monoisotopic (exact) mass is 284 g/mol. The van der Waals surface area contributed by atoms with E-state index in [1.54, 1.807) is 12.1 Å². The quantitative estimate of drug-likeness (QED) is 0.856. The molecule has 0 unspecified atom stereocenters. The van der Waals surface area contributed by atoms with Gasteiger partial charge in [-0.25, -0.2) is 13.2 Å². The number of carboxylic acid groups (broad SMARTS) is 1. The van der Waals surface area contributed by atoms with Crippen molar-refractivity contribution in [3.05, 3.63) is 42.1 Å². The molecule has 0 radical (unpaired) electrons. The number of aromatic carboxylic acids is 1. The number of nitrogens with one attached hydrogen (secondary N) is 1. The van der Waals surface area contributed by atoms with Crippen LogP contribution in [0.4, 0.5) is 0 Å². The zero-order chi connectivity index (χ0) is 14.0. The summed E-state index contributed by atoms with van der Waals surface area (Å²) >= 11 is 0. The smallest absolute Gasteiger partial charge is 0.352 e. The molecule has 0 aromatic carbocycles. The van der Waals surface area contributed by atoms with Crippen LogP contribution in [0.15, 0.2) is 40.0 Å². The summed E-state index contributed by atoms with van der Waals surface area (Å²) < 4.78 is 30.5. The number of nitrogens with zero attached hydrogens (tertiary/aromatic N) is 1. The number of aromatic nitrogens is 1. The maximum Gasteiger partial charge on any atom is 0.352 e. The third-order valence-electron chi connectivity index (χ3n) is 2.55. The third-order valence-corrected chi connectivity index (χ3v) is 4.33. The lowest BCUT2D eigenvalue weighted by molar-refractivity contribution is 0.0691. The van der Waals surface area contributed by atoms with Gasteiger partial charge in [0.05, 0.1) is 12.8 Å². The van der Waals surface area contributed by atoms with Gasteiger partial charge in [0.25, 0.3) is 0 Å². The van der Waals surface area contributed by atoms with Crippen LogP contribution in [0, 0.1) is 0 Å². The Bertz CT molecular complexity index is 672. The topological polar surface area (TPSA) is 104 Å². The van der Waals surface area contributed by atoms with Gasteiger partial charge < -0.3 is 14.5 Å². The molecule has 2 heterocycles. The minimum Gasteiger partial charge on any atom is -0.477 e. The van der Waals surface area contributed by atoms with E-state index < -0.39 is 16.0 Å². The second-order valence-electron chi connectivity index (χ2n) is 3.89. The van der Waals surface area contributed by atoms with Crippen LogP contribution < -0.4 is 0 Å².